The zero-order valence-electron chi connectivity index (χ0n) is 25.5. The minimum Gasteiger partial charge on any atom is -0.461 e. The molecule has 1 saturated heterocycles. The molecule has 0 aliphatic carbocycles. The Bertz CT molecular complexity index is 1070. The summed E-state index contributed by atoms with van der Waals surface area (Å²) in [7, 11) is 2.76. The summed E-state index contributed by atoms with van der Waals surface area (Å²) in [5.74, 6) is -3.03. The molecule has 0 radical (unpaired) electrons. The summed E-state index contributed by atoms with van der Waals surface area (Å²) in [6.07, 6.45) is 1.24. The van der Waals surface area contributed by atoms with Gasteiger partial charge in [0.2, 0.25) is 11.8 Å². The highest BCUT2D eigenvalue weighted by Crippen LogP contribution is 2.18. The number of amides is 6. The fourth-order valence-corrected chi connectivity index (χ4v) is 5.15. The Kier molecular flexibility index (Phi) is 15.4. The molecule has 0 aromatic heterocycles. The maximum atomic E-state index is 13.6. The Morgan fingerprint density at radius 3 is 2.40 bits per heavy atom. The third-order valence-corrected chi connectivity index (χ3v) is 7.28. The third-order valence-electron chi connectivity index (χ3n) is 5.73. The van der Waals surface area contributed by atoms with Gasteiger partial charge in [-0.1, -0.05) is 12.7 Å². The van der Waals surface area contributed by atoms with Crippen LogP contribution in [-0.4, -0.2) is 138 Å². The zero-order valence-corrected chi connectivity index (χ0v) is 27.1. The van der Waals surface area contributed by atoms with Gasteiger partial charge >= 0.3 is 18.2 Å². The van der Waals surface area contributed by atoms with Crippen molar-refractivity contribution in [3.63, 3.8) is 0 Å². The van der Waals surface area contributed by atoms with Crippen molar-refractivity contribution < 1.29 is 47.8 Å². The van der Waals surface area contributed by atoms with Gasteiger partial charge in [0.1, 0.15) is 43.5 Å². The van der Waals surface area contributed by atoms with Gasteiger partial charge in [-0.05, 0) is 27.0 Å². The lowest BCUT2D eigenvalue weighted by Crippen LogP contribution is -2.64. The van der Waals surface area contributed by atoms with Crippen LogP contribution in [0.25, 0.3) is 0 Å². The molecule has 15 nitrogen and oxygen atoms in total. The number of hydrogen-bond acceptors (Lipinski definition) is 12. The topological polar surface area (TPSA) is 181 Å². The van der Waals surface area contributed by atoms with Crippen LogP contribution < -0.4 is 10.6 Å². The maximum Gasteiger partial charge on any atom is 0.410 e. The summed E-state index contributed by atoms with van der Waals surface area (Å²) in [6.45, 7) is 8.19. The molecule has 242 valence electrons. The van der Waals surface area contributed by atoms with E-state index in [0.717, 1.165) is 4.90 Å². The monoisotopic (exact) mass is 647 g/mol. The van der Waals surface area contributed by atoms with E-state index in [1.54, 1.807) is 27.0 Å². The van der Waals surface area contributed by atoms with E-state index in [1.807, 2.05) is 0 Å². The van der Waals surface area contributed by atoms with Crippen LogP contribution in [0.3, 0.4) is 0 Å². The second kappa shape index (κ2) is 17.6. The van der Waals surface area contributed by atoms with Crippen molar-refractivity contribution in [1.29, 1.82) is 0 Å². The molecule has 6 amide bonds. The number of piperazine rings is 1. The van der Waals surface area contributed by atoms with E-state index < -0.39 is 72.8 Å². The van der Waals surface area contributed by atoms with Gasteiger partial charge < -0.3 is 29.7 Å². The number of carbonyl (C=O) groups excluding carboxylic acids is 7. The number of thioether (sulfide) groups is 2. The Labute approximate surface area is 259 Å². The van der Waals surface area contributed by atoms with E-state index in [-0.39, 0.29) is 29.9 Å². The molecule has 0 aromatic carbocycles. The van der Waals surface area contributed by atoms with Crippen LogP contribution in [0.2, 0.25) is 0 Å². The van der Waals surface area contributed by atoms with Gasteiger partial charge in [-0.15, -0.1) is 11.8 Å². The van der Waals surface area contributed by atoms with E-state index in [1.165, 1.54) is 55.5 Å². The first-order valence-corrected chi connectivity index (χ1v) is 15.7. The molecule has 3 atom stereocenters. The lowest BCUT2D eigenvalue weighted by atomic mass is 10.1. The molecule has 0 unspecified atom stereocenters. The standard InChI is InChI=1S/C26H41N5O10S2/c1-9-10-39-25(38)30(7)19(13-42-8)23(36)40-12-17(28-24(37)41-26(3,4)5)21(34)31-11-20(33)29(6)18(22(31)35)14-43-15-27-16(2)32/h9,17-19H,1,10-15H2,2-8H3,(H,27,32)(H,28,37)/t17-,18+,19+/m1/s1. The van der Waals surface area contributed by atoms with Gasteiger partial charge in [0.25, 0.3) is 11.8 Å². The van der Waals surface area contributed by atoms with Crippen molar-refractivity contribution in [1.82, 2.24) is 25.3 Å². The predicted molar refractivity (Wildman–Crippen MR) is 160 cm³/mol. The molecule has 1 fully saturated rings. The normalized spacial score (nSPS) is 16.5. The first kappa shape index (κ1) is 37.6. The highest BCUT2D eigenvalue weighted by Gasteiger charge is 2.43. The summed E-state index contributed by atoms with van der Waals surface area (Å²) in [4.78, 5) is 91.7. The van der Waals surface area contributed by atoms with E-state index in [4.69, 9.17) is 14.2 Å². The number of likely N-dealkylation sites (N-methyl/N-ethyl adjacent to an activating group) is 2. The van der Waals surface area contributed by atoms with Gasteiger partial charge in [0.05, 0.1) is 5.88 Å². The molecule has 0 bridgehead atoms. The number of nitrogens with zero attached hydrogens (tertiary/aromatic N) is 3. The smallest absolute Gasteiger partial charge is 0.410 e. The summed E-state index contributed by atoms with van der Waals surface area (Å²) < 4.78 is 15.6. The number of rotatable bonds is 14. The average molecular weight is 648 g/mol. The minimum atomic E-state index is -1.61. The molecule has 1 rings (SSSR count). The van der Waals surface area contributed by atoms with Crippen molar-refractivity contribution in [2.24, 2.45) is 0 Å². The number of nitrogens with one attached hydrogen (secondary N) is 2. The molecule has 17 heteroatoms. The Balaban J connectivity index is 3.18. The van der Waals surface area contributed by atoms with Crippen molar-refractivity contribution in [3.8, 4) is 0 Å². The molecule has 43 heavy (non-hydrogen) atoms. The van der Waals surface area contributed by atoms with E-state index in [0.29, 0.717) is 4.90 Å². The molecule has 1 heterocycles. The van der Waals surface area contributed by atoms with Crippen LogP contribution in [0.5, 0.6) is 0 Å². The fraction of sp³-hybridized carbons (Fsp3) is 0.654. The number of carbonyl (C=O) groups is 7. The highest BCUT2D eigenvalue weighted by molar-refractivity contribution is 7.99. The molecule has 0 saturated carbocycles. The quantitative estimate of drug-likeness (QED) is 0.0874. The Morgan fingerprint density at radius 1 is 1.19 bits per heavy atom. The first-order valence-electron chi connectivity index (χ1n) is 13.1. The van der Waals surface area contributed by atoms with Crippen LogP contribution in [0.15, 0.2) is 12.7 Å². The van der Waals surface area contributed by atoms with Crippen molar-refractivity contribution in [3.05, 3.63) is 12.7 Å². The van der Waals surface area contributed by atoms with Gasteiger partial charge in [-0.2, -0.15) is 11.8 Å². The Morgan fingerprint density at radius 2 is 1.84 bits per heavy atom. The highest BCUT2D eigenvalue weighted by atomic mass is 32.2. The maximum absolute atomic E-state index is 13.6. The number of ether oxygens (including phenoxy) is 3. The van der Waals surface area contributed by atoms with Crippen LogP contribution >= 0.6 is 23.5 Å². The van der Waals surface area contributed by atoms with Crippen molar-refractivity contribution in [2.75, 3.05) is 57.5 Å². The lowest BCUT2D eigenvalue weighted by Gasteiger charge is -2.38. The van der Waals surface area contributed by atoms with Crippen LogP contribution in [-0.2, 0) is 38.2 Å². The van der Waals surface area contributed by atoms with Gasteiger partial charge in [-0.25, -0.2) is 14.4 Å². The zero-order chi connectivity index (χ0) is 32.9. The molecule has 1 aliphatic rings. The SMILES string of the molecule is C=CCOC(=O)N(C)[C@@H](CSC)C(=O)OC[C@@H](NC(=O)OC(C)(C)C)C(=O)N1CC(=O)N(C)[C@@H](CSCNC(C)=O)C1=O. The van der Waals surface area contributed by atoms with Crippen LogP contribution in [0.1, 0.15) is 27.7 Å². The molecular weight excluding hydrogens is 606 g/mol. The molecule has 0 aromatic rings. The summed E-state index contributed by atoms with van der Waals surface area (Å²) in [6, 6.07) is -3.75. The average Bonchev–Trinajstić information content (AvgIpc) is 2.92. The molecule has 1 aliphatic heterocycles. The van der Waals surface area contributed by atoms with Gasteiger partial charge in [0, 0.05) is 32.5 Å². The number of hydrogen-bond donors (Lipinski definition) is 2. The Hall–Kier alpha value is -3.47. The molecular formula is C26H41N5O10S2. The summed E-state index contributed by atoms with van der Waals surface area (Å²) in [5.41, 5.74) is -0.942. The lowest BCUT2D eigenvalue weighted by molar-refractivity contribution is -0.162. The van der Waals surface area contributed by atoms with E-state index in [2.05, 4.69) is 17.2 Å². The van der Waals surface area contributed by atoms with Crippen LogP contribution in [0.4, 0.5) is 9.59 Å². The molecule has 2 N–H and O–H groups in total. The van der Waals surface area contributed by atoms with E-state index in [9.17, 15) is 33.6 Å². The number of imide groups is 1. The first-order chi connectivity index (χ1) is 20.0. The number of alkyl carbamates (subject to hydrolysis) is 1. The number of esters is 1. The third kappa shape index (κ3) is 12.3. The second-order valence-corrected chi connectivity index (χ2v) is 12.2. The van der Waals surface area contributed by atoms with Gasteiger partial charge in [0.15, 0.2) is 0 Å². The van der Waals surface area contributed by atoms with Crippen molar-refractivity contribution in [2.45, 2.75) is 51.4 Å². The second-order valence-electron chi connectivity index (χ2n) is 10.3. The summed E-state index contributed by atoms with van der Waals surface area (Å²) in [5, 5.41) is 4.89. The minimum absolute atomic E-state index is 0.0783. The summed E-state index contributed by atoms with van der Waals surface area (Å²) >= 11 is 2.43. The largest absolute Gasteiger partial charge is 0.461 e. The van der Waals surface area contributed by atoms with E-state index >= 15 is 0 Å². The van der Waals surface area contributed by atoms with Crippen LogP contribution in [0, 0.1) is 0 Å². The fourth-order valence-electron chi connectivity index (χ4n) is 3.47. The van der Waals surface area contributed by atoms with Crippen molar-refractivity contribution >= 4 is 65.3 Å². The predicted octanol–water partition coefficient (Wildman–Crippen LogP) is 0.432. The molecule has 0 spiro atoms. The van der Waals surface area contributed by atoms with Gasteiger partial charge in [-0.3, -0.25) is 29.0 Å².